The zero-order valence-electron chi connectivity index (χ0n) is 33.6. The molecule has 5 rings (SSSR count). The van der Waals surface area contributed by atoms with Crippen molar-refractivity contribution in [3.8, 4) is 0 Å². The second-order valence-corrected chi connectivity index (χ2v) is 16.2. The molecule has 0 bridgehead atoms. The number of fused-ring (bicyclic) bond motifs is 1. The Hall–Kier alpha value is -6.01. The summed E-state index contributed by atoms with van der Waals surface area (Å²) in [5, 5.41) is 18.6. The van der Waals surface area contributed by atoms with Gasteiger partial charge in [-0.2, -0.15) is 14.0 Å². The highest BCUT2D eigenvalue weighted by atomic mass is 32.2. The fraction of sp³-hybridized carbons (Fsp3) is 0.390. The van der Waals surface area contributed by atoms with E-state index in [1.165, 1.54) is 16.3 Å². The van der Waals surface area contributed by atoms with Crippen LogP contribution in [0.1, 0.15) is 75.2 Å². The zero-order valence-corrected chi connectivity index (χ0v) is 34.4. The highest BCUT2D eigenvalue weighted by molar-refractivity contribution is 7.99. The normalized spacial score (nSPS) is 14.1. The van der Waals surface area contributed by atoms with E-state index < -0.39 is 29.8 Å². The van der Waals surface area contributed by atoms with Crippen molar-refractivity contribution in [3.63, 3.8) is 0 Å². The SMILES string of the molecule is C=CC(=O)Nc1ccc(C(=O)Nc2cccc(Nc3c(F)c(SC4CCN(C(=O)[C@H](CCCNC(N)=O)NC(=O)[C@@H](N)C(C)C)CC4)nc4c(C(C)C)cnn34)c2)cc1. The van der Waals surface area contributed by atoms with Gasteiger partial charge < -0.3 is 43.0 Å². The molecule has 2 atom stereocenters. The number of nitrogens with zero attached hydrogens (tertiary/aromatic N) is 4. The minimum absolute atomic E-state index is 0.0476. The van der Waals surface area contributed by atoms with Crippen LogP contribution in [0.2, 0.25) is 0 Å². The van der Waals surface area contributed by atoms with E-state index in [0.717, 1.165) is 11.6 Å². The van der Waals surface area contributed by atoms with Crippen molar-refractivity contribution in [3.05, 3.63) is 84.3 Å². The second-order valence-electron chi connectivity index (χ2n) is 14.9. The topological polar surface area (TPSA) is 231 Å². The molecule has 0 aliphatic carbocycles. The van der Waals surface area contributed by atoms with Gasteiger partial charge in [0.2, 0.25) is 17.7 Å². The number of halogens is 1. The van der Waals surface area contributed by atoms with E-state index in [4.69, 9.17) is 16.5 Å². The Morgan fingerprint density at radius 1 is 1.00 bits per heavy atom. The number of nitrogens with one attached hydrogen (secondary N) is 5. The number of aromatic nitrogens is 3. The number of anilines is 4. The summed E-state index contributed by atoms with van der Waals surface area (Å²) in [5.74, 6) is -2.04. The van der Waals surface area contributed by atoms with Gasteiger partial charge >= 0.3 is 6.03 Å². The maximum Gasteiger partial charge on any atom is 0.312 e. The Balaban J connectivity index is 1.30. The number of nitrogens with two attached hydrogens (primary N) is 2. The van der Waals surface area contributed by atoms with E-state index in [9.17, 15) is 24.0 Å². The van der Waals surface area contributed by atoms with Crippen LogP contribution in [0, 0.1) is 11.7 Å². The third kappa shape index (κ3) is 11.6. The fourth-order valence-corrected chi connectivity index (χ4v) is 7.50. The number of hydrogen-bond donors (Lipinski definition) is 7. The number of hydrogen-bond acceptors (Lipinski definition) is 10. The first-order chi connectivity index (χ1) is 28.1. The molecule has 1 saturated heterocycles. The van der Waals surface area contributed by atoms with Crippen LogP contribution in [-0.4, -0.2) is 86.1 Å². The van der Waals surface area contributed by atoms with Crippen LogP contribution in [0.3, 0.4) is 0 Å². The summed E-state index contributed by atoms with van der Waals surface area (Å²) in [6.07, 6.45) is 4.61. The Morgan fingerprint density at radius 2 is 1.69 bits per heavy atom. The Labute approximate surface area is 346 Å². The van der Waals surface area contributed by atoms with Crippen LogP contribution in [0.15, 0.2) is 72.4 Å². The number of likely N-dealkylation sites (tertiary alicyclic amines) is 1. The second kappa shape index (κ2) is 20.1. The van der Waals surface area contributed by atoms with Gasteiger partial charge in [-0.15, -0.1) is 0 Å². The van der Waals surface area contributed by atoms with Crippen LogP contribution in [0.25, 0.3) is 5.65 Å². The monoisotopic (exact) mass is 829 g/mol. The number of piperidine rings is 1. The van der Waals surface area contributed by atoms with Crippen LogP contribution < -0.4 is 38.1 Å². The van der Waals surface area contributed by atoms with Crippen molar-refractivity contribution in [2.75, 3.05) is 35.6 Å². The van der Waals surface area contributed by atoms with E-state index in [-0.39, 0.29) is 58.6 Å². The summed E-state index contributed by atoms with van der Waals surface area (Å²) in [6.45, 7) is 12.1. The number of primary amides is 1. The van der Waals surface area contributed by atoms with Gasteiger partial charge in [-0.05, 0) is 86.1 Å². The van der Waals surface area contributed by atoms with Gasteiger partial charge in [0.1, 0.15) is 11.1 Å². The van der Waals surface area contributed by atoms with Crippen molar-refractivity contribution in [2.45, 2.75) is 81.7 Å². The molecule has 1 aliphatic rings. The van der Waals surface area contributed by atoms with Crippen molar-refractivity contribution in [2.24, 2.45) is 17.4 Å². The average molecular weight is 830 g/mol. The maximum atomic E-state index is 16.6. The number of rotatable bonds is 17. The molecule has 0 saturated carbocycles. The molecule has 2 aromatic heterocycles. The van der Waals surface area contributed by atoms with Gasteiger partial charge in [-0.25, -0.2) is 9.78 Å². The van der Waals surface area contributed by atoms with Crippen molar-refractivity contribution in [1.82, 2.24) is 30.1 Å². The first-order valence-corrected chi connectivity index (χ1v) is 20.4. The molecule has 16 nitrogen and oxygen atoms in total. The molecule has 0 unspecified atom stereocenters. The Bertz CT molecular complexity index is 2170. The smallest absolute Gasteiger partial charge is 0.312 e. The molecule has 2 aromatic carbocycles. The third-order valence-electron chi connectivity index (χ3n) is 9.83. The van der Waals surface area contributed by atoms with Gasteiger partial charge in [-0.1, -0.05) is 52.1 Å². The maximum absolute atomic E-state index is 16.6. The highest BCUT2D eigenvalue weighted by Crippen LogP contribution is 2.36. The van der Waals surface area contributed by atoms with Gasteiger partial charge in [0.05, 0.1) is 12.2 Å². The highest BCUT2D eigenvalue weighted by Gasteiger charge is 2.32. The summed E-state index contributed by atoms with van der Waals surface area (Å²) < 4.78 is 18.1. The Morgan fingerprint density at radius 3 is 2.34 bits per heavy atom. The van der Waals surface area contributed by atoms with Gasteiger partial charge in [0.15, 0.2) is 17.3 Å². The lowest BCUT2D eigenvalue weighted by Crippen LogP contribution is -2.55. The first-order valence-electron chi connectivity index (χ1n) is 19.5. The summed E-state index contributed by atoms with van der Waals surface area (Å²) >= 11 is 1.30. The molecule has 0 radical (unpaired) electrons. The molecular weight excluding hydrogens is 778 g/mol. The van der Waals surface area contributed by atoms with E-state index in [1.807, 2.05) is 27.7 Å². The lowest BCUT2D eigenvalue weighted by Gasteiger charge is -2.34. The fourth-order valence-electron chi connectivity index (χ4n) is 6.39. The largest absolute Gasteiger partial charge is 0.352 e. The van der Waals surface area contributed by atoms with Crippen molar-refractivity contribution >= 4 is 69.9 Å². The number of carbonyl (C=O) groups excluding carboxylic acids is 5. The standard InChI is InChI=1S/C41H52FN11O5S/c1-6-32(54)47-26-14-12-25(13-15-26)37(55)49-28-10-7-9-27(21-28)48-36-33(42)39(51-35-30(23(2)3)22-46-53(35)36)59-29-16-19-52(20-17-29)40(57)31(11-8-18-45-41(44)58)50-38(56)34(43)24(4)5/h6-7,9-10,12-15,21-24,29,31,34,48H,1,8,11,16-20,43H2,2-5H3,(H,47,54)(H,49,55)(H,50,56)(H3,44,45,58)/t31-,34-/m0/s1. The number of carbonyl (C=O) groups is 5. The number of urea groups is 1. The quantitative estimate of drug-likeness (QED) is 0.0422. The van der Waals surface area contributed by atoms with E-state index in [1.54, 1.807) is 59.6 Å². The number of thioether (sulfide) groups is 1. The summed E-state index contributed by atoms with van der Waals surface area (Å²) in [4.78, 5) is 68.9. The minimum Gasteiger partial charge on any atom is -0.352 e. The molecule has 59 heavy (non-hydrogen) atoms. The molecule has 3 heterocycles. The molecule has 4 aromatic rings. The predicted octanol–water partition coefficient (Wildman–Crippen LogP) is 5.11. The minimum atomic E-state index is -0.839. The summed E-state index contributed by atoms with van der Waals surface area (Å²) in [5.41, 5.74) is 14.4. The van der Waals surface area contributed by atoms with Gasteiger partial charge in [0, 0.05) is 53.1 Å². The summed E-state index contributed by atoms with van der Waals surface area (Å²) in [7, 11) is 0. The van der Waals surface area contributed by atoms with Crippen molar-refractivity contribution in [1.29, 1.82) is 0 Å². The van der Waals surface area contributed by atoms with E-state index in [0.29, 0.717) is 60.6 Å². The van der Waals surface area contributed by atoms with Crippen LogP contribution in [0.4, 0.5) is 32.1 Å². The van der Waals surface area contributed by atoms with Crippen LogP contribution >= 0.6 is 11.8 Å². The number of benzene rings is 2. The first kappa shape index (κ1) is 44.1. The molecule has 6 amide bonds. The molecule has 1 aliphatic heterocycles. The molecule has 18 heteroatoms. The molecule has 1 fully saturated rings. The lowest BCUT2D eigenvalue weighted by atomic mass is 10.0. The predicted molar refractivity (Wildman–Crippen MR) is 227 cm³/mol. The summed E-state index contributed by atoms with van der Waals surface area (Å²) in [6, 6.07) is 10.9. The number of amides is 6. The molecule has 0 spiro atoms. The van der Waals surface area contributed by atoms with E-state index >= 15 is 4.39 Å². The van der Waals surface area contributed by atoms with Gasteiger partial charge in [-0.3, -0.25) is 19.2 Å². The molecule has 9 N–H and O–H groups in total. The van der Waals surface area contributed by atoms with Crippen LogP contribution in [0.5, 0.6) is 0 Å². The van der Waals surface area contributed by atoms with E-state index in [2.05, 4.69) is 38.3 Å². The van der Waals surface area contributed by atoms with Gasteiger partial charge in [0.25, 0.3) is 5.91 Å². The molecular formula is C41H52FN11O5S. The van der Waals surface area contributed by atoms with Crippen molar-refractivity contribution < 1.29 is 28.4 Å². The Kier molecular flexibility index (Phi) is 15.0. The average Bonchev–Trinajstić information content (AvgIpc) is 3.64. The molecule has 314 valence electrons. The third-order valence-corrected chi connectivity index (χ3v) is 11.1. The van der Waals surface area contributed by atoms with Crippen LogP contribution in [-0.2, 0) is 14.4 Å². The zero-order chi connectivity index (χ0) is 42.8. The lowest BCUT2D eigenvalue weighted by molar-refractivity contribution is -0.137.